The zero-order valence-corrected chi connectivity index (χ0v) is 28.5. The summed E-state index contributed by atoms with van der Waals surface area (Å²) in [6.45, 7) is 11.1. The van der Waals surface area contributed by atoms with E-state index in [-0.39, 0.29) is 80.9 Å². The lowest BCUT2D eigenvalue weighted by Gasteiger charge is -2.50. The number of fused-ring (bicyclic) bond motifs is 4. The number of carbonyl (C=O) groups excluding carboxylic acids is 3. The van der Waals surface area contributed by atoms with E-state index in [0.29, 0.717) is 24.0 Å². The Kier molecular flexibility index (Phi) is 7.52. The minimum atomic E-state index is -0.925. The Balaban J connectivity index is 1.30. The monoisotopic (exact) mass is 659 g/mol. The van der Waals surface area contributed by atoms with Crippen molar-refractivity contribution in [2.24, 2.45) is 0 Å². The van der Waals surface area contributed by atoms with E-state index in [9.17, 15) is 24.3 Å². The van der Waals surface area contributed by atoms with Gasteiger partial charge in [-0.3, -0.25) is 19.2 Å². The highest BCUT2D eigenvalue weighted by Gasteiger charge is 2.66. The highest BCUT2D eigenvalue weighted by Crippen LogP contribution is 2.53. The van der Waals surface area contributed by atoms with Crippen LogP contribution >= 0.6 is 0 Å². The normalized spacial score (nSPS) is 32.3. The SMILES string of the molecule is CCCC(=O)O[C@@H]1[C@H](C)O[C@@H](c2ccc3c(c2O)C(=O)c2c(cc(C)c4c(=O)cc([C@]5(C)O[C@H]5[C@@H]5O[C@H]5C)oc24)C3=O)C[C@@]1(C)N(C)C. The van der Waals surface area contributed by atoms with E-state index in [1.54, 1.807) is 19.9 Å². The number of phenolic OH excluding ortho intramolecular Hbond substituents is 1. The molecule has 0 saturated carbocycles. The van der Waals surface area contributed by atoms with Crippen molar-refractivity contribution in [3.05, 3.63) is 73.6 Å². The molecule has 1 N–H and O–H groups in total. The summed E-state index contributed by atoms with van der Waals surface area (Å²) in [5.41, 5.74) is -1.26. The number of phenols is 1. The average molecular weight is 660 g/mol. The van der Waals surface area contributed by atoms with Crippen LogP contribution in [0.25, 0.3) is 11.0 Å². The molecule has 0 bridgehead atoms. The summed E-state index contributed by atoms with van der Waals surface area (Å²) >= 11 is 0. The van der Waals surface area contributed by atoms with Crippen molar-refractivity contribution in [1.29, 1.82) is 0 Å². The van der Waals surface area contributed by atoms with Crippen molar-refractivity contribution < 1.29 is 42.9 Å². The van der Waals surface area contributed by atoms with Gasteiger partial charge in [0.05, 0.1) is 40.4 Å². The van der Waals surface area contributed by atoms with Gasteiger partial charge < -0.3 is 33.4 Å². The van der Waals surface area contributed by atoms with Crippen molar-refractivity contribution in [1.82, 2.24) is 4.90 Å². The Labute approximate surface area is 278 Å². The summed E-state index contributed by atoms with van der Waals surface area (Å²) in [6.07, 6.45) is -0.967. The third-order valence-electron chi connectivity index (χ3n) is 10.9. The van der Waals surface area contributed by atoms with Crippen LogP contribution in [0.4, 0.5) is 0 Å². The maximum atomic E-state index is 14.5. The number of epoxide rings is 2. The van der Waals surface area contributed by atoms with Gasteiger partial charge in [0, 0.05) is 29.2 Å². The third kappa shape index (κ3) is 4.77. The van der Waals surface area contributed by atoms with Gasteiger partial charge in [0.15, 0.2) is 16.8 Å². The second kappa shape index (κ2) is 11.1. The van der Waals surface area contributed by atoms with Crippen LogP contribution in [0.5, 0.6) is 5.75 Å². The van der Waals surface area contributed by atoms with E-state index < -0.39 is 41.0 Å². The standard InChI is InChI=1S/C37H41NO10/c1-9-10-25(40)47-34-18(4)44-23(15-36(34,5)38(7)8)19-11-12-20-27(30(19)42)31(43)28-21(29(20)41)13-16(2)26-22(39)14-24(46-33(26)28)37(6)35(48-37)32-17(3)45-32/h11-14,17-18,23,32,34-35,42H,9-10,15H2,1-8H3/t17-,18-,23+,32+,34+,35-,36+,37-/m0/s1. The summed E-state index contributed by atoms with van der Waals surface area (Å²) < 4.78 is 30.2. The molecular weight excluding hydrogens is 618 g/mol. The van der Waals surface area contributed by atoms with Crippen LogP contribution in [0.1, 0.15) is 109 Å². The molecule has 8 atom stereocenters. The first-order valence-corrected chi connectivity index (χ1v) is 16.5. The Morgan fingerprint density at radius 2 is 1.73 bits per heavy atom. The van der Waals surface area contributed by atoms with Crippen molar-refractivity contribution in [2.45, 2.75) is 109 Å². The highest BCUT2D eigenvalue weighted by molar-refractivity contribution is 6.32. The fourth-order valence-corrected chi connectivity index (χ4v) is 7.68. The van der Waals surface area contributed by atoms with E-state index in [1.807, 2.05) is 46.7 Å². The fraction of sp³-hybridized carbons (Fsp3) is 0.514. The van der Waals surface area contributed by atoms with Crippen molar-refractivity contribution in [3.63, 3.8) is 0 Å². The van der Waals surface area contributed by atoms with E-state index in [0.717, 1.165) is 0 Å². The molecule has 7 rings (SSSR count). The highest BCUT2D eigenvalue weighted by atomic mass is 16.7. The Bertz CT molecular complexity index is 1960. The molecule has 0 unspecified atom stereocenters. The summed E-state index contributed by atoms with van der Waals surface area (Å²) in [5, 5.41) is 12.0. The predicted octanol–water partition coefficient (Wildman–Crippen LogP) is 4.87. The van der Waals surface area contributed by atoms with Crippen LogP contribution in [-0.2, 0) is 29.3 Å². The first-order valence-electron chi connectivity index (χ1n) is 16.5. The molecule has 4 aliphatic rings. The number of rotatable bonds is 7. The van der Waals surface area contributed by atoms with Crippen LogP contribution in [0.3, 0.4) is 0 Å². The lowest BCUT2D eigenvalue weighted by molar-refractivity contribution is -0.202. The third-order valence-corrected chi connectivity index (χ3v) is 10.9. The first-order chi connectivity index (χ1) is 22.6. The van der Waals surface area contributed by atoms with Gasteiger partial charge in [0.2, 0.25) is 5.78 Å². The van der Waals surface area contributed by atoms with Crippen LogP contribution in [-0.4, -0.2) is 77.7 Å². The number of hydrogen-bond acceptors (Lipinski definition) is 11. The molecule has 2 aromatic carbocycles. The number of hydrogen-bond donors (Lipinski definition) is 1. The van der Waals surface area contributed by atoms with Gasteiger partial charge in [-0.25, -0.2) is 0 Å². The molecule has 1 aliphatic carbocycles. The molecule has 11 nitrogen and oxygen atoms in total. The Morgan fingerprint density at radius 1 is 1.02 bits per heavy atom. The predicted molar refractivity (Wildman–Crippen MR) is 174 cm³/mol. The number of aryl methyl sites for hydroxylation is 1. The molecule has 254 valence electrons. The van der Waals surface area contributed by atoms with Crippen LogP contribution < -0.4 is 5.43 Å². The van der Waals surface area contributed by atoms with Crippen LogP contribution in [0.2, 0.25) is 0 Å². The fourth-order valence-electron chi connectivity index (χ4n) is 7.68. The summed E-state index contributed by atoms with van der Waals surface area (Å²) in [7, 11) is 3.79. The van der Waals surface area contributed by atoms with Crippen molar-refractivity contribution in [2.75, 3.05) is 14.1 Å². The zero-order chi connectivity index (χ0) is 34.6. The van der Waals surface area contributed by atoms with E-state index in [1.165, 1.54) is 18.2 Å². The molecule has 3 aliphatic heterocycles. The zero-order valence-electron chi connectivity index (χ0n) is 28.5. The minimum Gasteiger partial charge on any atom is -0.507 e. The number of esters is 1. The number of ketones is 2. The first kappa shape index (κ1) is 32.6. The van der Waals surface area contributed by atoms with Gasteiger partial charge in [0.25, 0.3) is 0 Å². The molecule has 0 radical (unpaired) electrons. The van der Waals surface area contributed by atoms with Gasteiger partial charge >= 0.3 is 5.97 Å². The number of carbonyl (C=O) groups is 3. The molecular formula is C37H41NO10. The number of nitrogens with zero attached hydrogens (tertiary/aromatic N) is 1. The largest absolute Gasteiger partial charge is 0.507 e. The number of ether oxygens (including phenoxy) is 4. The van der Waals surface area contributed by atoms with E-state index in [2.05, 4.69) is 0 Å². The van der Waals surface area contributed by atoms with Gasteiger partial charge in [0.1, 0.15) is 35.4 Å². The van der Waals surface area contributed by atoms with E-state index >= 15 is 0 Å². The topological polar surface area (TPSA) is 148 Å². The Morgan fingerprint density at radius 3 is 2.38 bits per heavy atom. The quantitative estimate of drug-likeness (QED) is 0.214. The van der Waals surface area contributed by atoms with Crippen LogP contribution in [0.15, 0.2) is 33.5 Å². The second-order valence-electron chi connectivity index (χ2n) is 14.3. The number of aromatic hydroxyl groups is 1. The van der Waals surface area contributed by atoms with E-state index in [4.69, 9.17) is 23.4 Å². The number of benzene rings is 2. The summed E-state index contributed by atoms with van der Waals surface area (Å²) in [6, 6.07) is 6.06. The average Bonchev–Trinajstić information content (AvgIpc) is 3.92. The maximum absolute atomic E-state index is 14.5. The molecule has 4 heterocycles. The molecule has 0 spiro atoms. The molecule has 48 heavy (non-hydrogen) atoms. The second-order valence-corrected chi connectivity index (χ2v) is 14.3. The number of likely N-dealkylation sites (N-methyl/N-ethyl adjacent to an activating group) is 1. The minimum absolute atomic E-state index is 0.0130. The smallest absolute Gasteiger partial charge is 0.306 e. The van der Waals surface area contributed by atoms with Gasteiger partial charge in [-0.2, -0.15) is 0 Å². The molecule has 1 aromatic heterocycles. The molecule has 3 fully saturated rings. The lowest BCUT2D eigenvalue weighted by Crippen LogP contribution is -2.61. The molecule has 0 amide bonds. The maximum Gasteiger partial charge on any atom is 0.306 e. The Hall–Kier alpha value is -3.90. The van der Waals surface area contributed by atoms with Gasteiger partial charge in [-0.1, -0.05) is 13.0 Å². The van der Waals surface area contributed by atoms with Gasteiger partial charge in [-0.15, -0.1) is 0 Å². The molecule has 3 saturated heterocycles. The molecule has 11 heteroatoms. The van der Waals surface area contributed by atoms with Crippen molar-refractivity contribution in [3.8, 4) is 5.75 Å². The summed E-state index contributed by atoms with van der Waals surface area (Å²) in [4.78, 5) is 56.5. The molecule has 3 aromatic rings. The summed E-state index contributed by atoms with van der Waals surface area (Å²) in [5.74, 6) is -1.54. The van der Waals surface area contributed by atoms with Crippen LogP contribution in [0, 0.1) is 6.92 Å². The lowest BCUT2D eigenvalue weighted by atomic mass is 9.77. The van der Waals surface area contributed by atoms with Crippen molar-refractivity contribution >= 4 is 28.5 Å². The van der Waals surface area contributed by atoms with Gasteiger partial charge in [-0.05, 0) is 79.3 Å².